The number of rotatable bonds is 2. The summed E-state index contributed by atoms with van der Waals surface area (Å²) in [6.45, 7) is 0. The van der Waals surface area contributed by atoms with Crippen molar-refractivity contribution in [1.82, 2.24) is 4.98 Å². The summed E-state index contributed by atoms with van der Waals surface area (Å²) in [5.74, 6) is -1.33. The summed E-state index contributed by atoms with van der Waals surface area (Å²) in [5, 5.41) is -1.07. The van der Waals surface area contributed by atoms with Crippen LogP contribution in [0.15, 0.2) is 6.07 Å². The first-order valence-electron chi connectivity index (χ1n) is 4.32. The molecular formula is C9H5ClF5NO2. The van der Waals surface area contributed by atoms with Gasteiger partial charge in [0, 0.05) is 0 Å². The standard InChI is InChI=1S/C9H5ClF5NO2/c1-18-8(17)6-5(10)3(9(13,14)15)2-4(16-6)7(11)12/h2,7H,1H3. The van der Waals surface area contributed by atoms with Crippen molar-refractivity contribution in [1.29, 1.82) is 0 Å². The Morgan fingerprint density at radius 1 is 1.44 bits per heavy atom. The van der Waals surface area contributed by atoms with E-state index in [1.165, 1.54) is 0 Å². The van der Waals surface area contributed by atoms with Gasteiger partial charge in [-0.15, -0.1) is 0 Å². The van der Waals surface area contributed by atoms with Crippen LogP contribution in [-0.2, 0) is 10.9 Å². The van der Waals surface area contributed by atoms with E-state index in [2.05, 4.69) is 9.72 Å². The zero-order valence-corrected chi connectivity index (χ0v) is 9.44. The monoisotopic (exact) mass is 289 g/mol. The fourth-order valence-corrected chi connectivity index (χ4v) is 1.38. The highest BCUT2D eigenvalue weighted by Crippen LogP contribution is 2.37. The Morgan fingerprint density at radius 3 is 2.39 bits per heavy atom. The molecule has 0 spiro atoms. The number of nitrogens with zero attached hydrogens (tertiary/aromatic N) is 1. The van der Waals surface area contributed by atoms with E-state index in [0.717, 1.165) is 7.11 Å². The Morgan fingerprint density at radius 2 is 2.00 bits per heavy atom. The van der Waals surface area contributed by atoms with Gasteiger partial charge in [-0.3, -0.25) is 0 Å². The van der Waals surface area contributed by atoms with E-state index in [4.69, 9.17) is 11.6 Å². The van der Waals surface area contributed by atoms with Crippen LogP contribution in [0.4, 0.5) is 22.0 Å². The highest BCUT2D eigenvalue weighted by atomic mass is 35.5. The molecule has 0 aromatic carbocycles. The maximum atomic E-state index is 12.5. The van der Waals surface area contributed by atoms with Crippen LogP contribution in [0.2, 0.25) is 5.02 Å². The van der Waals surface area contributed by atoms with E-state index in [-0.39, 0.29) is 6.07 Å². The van der Waals surface area contributed by atoms with Gasteiger partial charge in [-0.05, 0) is 6.07 Å². The number of aromatic nitrogens is 1. The Hall–Kier alpha value is -1.44. The summed E-state index contributed by atoms with van der Waals surface area (Å²) in [4.78, 5) is 14.2. The maximum Gasteiger partial charge on any atom is 0.417 e. The molecule has 0 saturated heterocycles. The lowest BCUT2D eigenvalue weighted by atomic mass is 10.1. The van der Waals surface area contributed by atoms with Crippen molar-refractivity contribution in [2.75, 3.05) is 7.11 Å². The zero-order chi connectivity index (χ0) is 14.1. The molecule has 0 fully saturated rings. The minimum atomic E-state index is -4.98. The quantitative estimate of drug-likeness (QED) is 0.618. The van der Waals surface area contributed by atoms with Crippen molar-refractivity contribution < 1.29 is 31.5 Å². The highest BCUT2D eigenvalue weighted by Gasteiger charge is 2.37. The van der Waals surface area contributed by atoms with E-state index in [1.807, 2.05) is 0 Å². The fourth-order valence-electron chi connectivity index (χ4n) is 1.10. The van der Waals surface area contributed by atoms with E-state index >= 15 is 0 Å². The first kappa shape index (κ1) is 14.6. The molecule has 1 rings (SSSR count). The average molecular weight is 290 g/mol. The van der Waals surface area contributed by atoms with Gasteiger partial charge in [0.1, 0.15) is 5.69 Å². The van der Waals surface area contributed by atoms with Gasteiger partial charge in [-0.1, -0.05) is 11.6 Å². The number of alkyl halides is 5. The second-order valence-electron chi connectivity index (χ2n) is 3.05. The number of carbonyl (C=O) groups is 1. The number of pyridine rings is 1. The molecule has 1 heterocycles. The van der Waals surface area contributed by atoms with Gasteiger partial charge < -0.3 is 4.74 Å². The second-order valence-corrected chi connectivity index (χ2v) is 3.43. The van der Waals surface area contributed by atoms with Crippen molar-refractivity contribution in [2.45, 2.75) is 12.6 Å². The third-order valence-electron chi connectivity index (χ3n) is 1.89. The SMILES string of the molecule is COC(=O)c1nc(C(F)F)cc(C(F)(F)F)c1Cl. The third kappa shape index (κ3) is 2.87. The van der Waals surface area contributed by atoms with Crippen LogP contribution in [0.3, 0.4) is 0 Å². The van der Waals surface area contributed by atoms with Crippen LogP contribution in [0.1, 0.15) is 28.2 Å². The highest BCUT2D eigenvalue weighted by molar-refractivity contribution is 6.34. The zero-order valence-electron chi connectivity index (χ0n) is 8.69. The van der Waals surface area contributed by atoms with Crippen molar-refractivity contribution >= 4 is 17.6 Å². The van der Waals surface area contributed by atoms with Gasteiger partial charge in [0.05, 0.1) is 17.7 Å². The average Bonchev–Trinajstić information content (AvgIpc) is 2.26. The van der Waals surface area contributed by atoms with Gasteiger partial charge in [0.15, 0.2) is 5.69 Å². The summed E-state index contributed by atoms with van der Waals surface area (Å²) in [6, 6.07) is 0.0967. The summed E-state index contributed by atoms with van der Waals surface area (Å²) in [6.07, 6.45) is -8.25. The Labute approximate surface area is 103 Å². The van der Waals surface area contributed by atoms with Gasteiger partial charge in [0.2, 0.25) is 0 Å². The molecular weight excluding hydrogens is 285 g/mol. The van der Waals surface area contributed by atoms with Crippen LogP contribution in [-0.4, -0.2) is 18.1 Å². The number of hydrogen-bond acceptors (Lipinski definition) is 3. The number of carbonyl (C=O) groups excluding carboxylic acids is 1. The first-order chi connectivity index (χ1) is 8.18. The van der Waals surface area contributed by atoms with Crippen LogP contribution >= 0.6 is 11.6 Å². The van der Waals surface area contributed by atoms with Gasteiger partial charge in [-0.25, -0.2) is 18.6 Å². The molecule has 0 bridgehead atoms. The van der Waals surface area contributed by atoms with Crippen molar-refractivity contribution in [3.8, 4) is 0 Å². The van der Waals surface area contributed by atoms with Gasteiger partial charge in [0.25, 0.3) is 6.43 Å². The predicted molar refractivity (Wildman–Crippen MR) is 50.5 cm³/mol. The minimum Gasteiger partial charge on any atom is -0.464 e. The van der Waals surface area contributed by atoms with E-state index in [9.17, 15) is 26.7 Å². The van der Waals surface area contributed by atoms with Crippen molar-refractivity contribution in [3.05, 3.63) is 28.0 Å². The van der Waals surface area contributed by atoms with E-state index in [1.54, 1.807) is 0 Å². The number of halogens is 6. The molecule has 0 aliphatic carbocycles. The summed E-state index contributed by atoms with van der Waals surface area (Å²) in [7, 11) is 0.864. The van der Waals surface area contributed by atoms with Crippen LogP contribution in [0.25, 0.3) is 0 Å². The van der Waals surface area contributed by atoms with E-state index < -0.39 is 40.5 Å². The molecule has 0 N–H and O–H groups in total. The second kappa shape index (κ2) is 5.05. The largest absolute Gasteiger partial charge is 0.464 e. The van der Waals surface area contributed by atoms with Crippen LogP contribution in [0.5, 0.6) is 0 Å². The molecule has 0 radical (unpaired) electrons. The molecule has 100 valence electrons. The molecule has 1 aromatic rings. The number of hydrogen-bond donors (Lipinski definition) is 0. The molecule has 3 nitrogen and oxygen atoms in total. The molecule has 0 unspecified atom stereocenters. The Kier molecular flexibility index (Phi) is 4.10. The first-order valence-corrected chi connectivity index (χ1v) is 4.70. The molecule has 9 heteroatoms. The predicted octanol–water partition coefficient (Wildman–Crippen LogP) is 3.48. The van der Waals surface area contributed by atoms with Gasteiger partial charge >= 0.3 is 12.1 Å². The van der Waals surface area contributed by atoms with Crippen LogP contribution < -0.4 is 0 Å². The molecule has 0 aliphatic heterocycles. The third-order valence-corrected chi connectivity index (χ3v) is 2.27. The minimum absolute atomic E-state index is 0.0967. The Balaban J connectivity index is 3.53. The molecule has 0 aliphatic rings. The fraction of sp³-hybridized carbons (Fsp3) is 0.333. The lowest BCUT2D eigenvalue weighted by Crippen LogP contribution is -2.14. The maximum absolute atomic E-state index is 12.5. The summed E-state index contributed by atoms with van der Waals surface area (Å²) < 4.78 is 66.5. The Bertz CT molecular complexity index is 475. The van der Waals surface area contributed by atoms with Gasteiger partial charge in [-0.2, -0.15) is 13.2 Å². The summed E-state index contributed by atoms with van der Waals surface area (Å²) >= 11 is 5.32. The molecule has 0 atom stereocenters. The summed E-state index contributed by atoms with van der Waals surface area (Å²) in [5.41, 5.74) is -3.76. The molecule has 1 aromatic heterocycles. The van der Waals surface area contributed by atoms with Crippen LogP contribution in [0, 0.1) is 0 Å². The molecule has 0 amide bonds. The normalized spacial score (nSPS) is 11.8. The molecule has 18 heavy (non-hydrogen) atoms. The van der Waals surface area contributed by atoms with E-state index in [0.29, 0.717) is 0 Å². The lowest BCUT2D eigenvalue weighted by molar-refractivity contribution is -0.137. The number of methoxy groups -OCH3 is 1. The smallest absolute Gasteiger partial charge is 0.417 e. The van der Waals surface area contributed by atoms with Crippen molar-refractivity contribution in [2.24, 2.45) is 0 Å². The molecule has 0 saturated carbocycles. The lowest BCUT2D eigenvalue weighted by Gasteiger charge is -2.12. The van der Waals surface area contributed by atoms with Crippen molar-refractivity contribution in [3.63, 3.8) is 0 Å². The number of ether oxygens (including phenoxy) is 1. The topological polar surface area (TPSA) is 39.2 Å². The number of esters is 1.